The molecule has 0 aliphatic carbocycles. The summed E-state index contributed by atoms with van der Waals surface area (Å²) in [5.74, 6) is -0.854. The Kier molecular flexibility index (Phi) is 7.22. The lowest BCUT2D eigenvalue weighted by atomic mass is 10.1. The lowest BCUT2D eigenvalue weighted by Gasteiger charge is -2.26. The van der Waals surface area contributed by atoms with Crippen molar-refractivity contribution in [2.45, 2.75) is 26.3 Å². The van der Waals surface area contributed by atoms with Crippen molar-refractivity contribution in [3.05, 3.63) is 29.8 Å². The number of hydrogen-bond donors (Lipinski definition) is 2. The highest BCUT2D eigenvalue weighted by molar-refractivity contribution is 6.05. The second-order valence-corrected chi connectivity index (χ2v) is 7.79. The minimum atomic E-state index is -0.401. The summed E-state index contributed by atoms with van der Waals surface area (Å²) in [6, 6.07) is 7.03. The number of anilines is 1. The molecule has 3 rings (SSSR count). The Balaban J connectivity index is 1.56. The van der Waals surface area contributed by atoms with Gasteiger partial charge in [0.25, 0.3) is 5.91 Å². The van der Waals surface area contributed by atoms with E-state index < -0.39 is 5.92 Å². The van der Waals surface area contributed by atoms with Crippen molar-refractivity contribution in [2.24, 2.45) is 5.92 Å². The molecular formula is C21H30N4O4. The van der Waals surface area contributed by atoms with Crippen molar-refractivity contribution in [1.29, 1.82) is 0 Å². The van der Waals surface area contributed by atoms with E-state index in [1.165, 1.54) is 0 Å². The van der Waals surface area contributed by atoms with E-state index in [-0.39, 0.29) is 30.2 Å². The number of nitrogens with one attached hydrogen (secondary N) is 2. The van der Waals surface area contributed by atoms with Gasteiger partial charge in [-0.1, -0.05) is 12.1 Å². The number of carbonyl (C=O) groups is 3. The Morgan fingerprint density at radius 3 is 2.62 bits per heavy atom. The highest BCUT2D eigenvalue weighted by Gasteiger charge is 2.35. The van der Waals surface area contributed by atoms with Gasteiger partial charge in [-0.15, -0.1) is 0 Å². The van der Waals surface area contributed by atoms with Gasteiger partial charge in [0.2, 0.25) is 11.8 Å². The Morgan fingerprint density at radius 2 is 1.93 bits per heavy atom. The van der Waals surface area contributed by atoms with Crippen molar-refractivity contribution < 1.29 is 19.1 Å². The number of benzene rings is 1. The number of likely N-dealkylation sites (tertiary alicyclic amines) is 1. The summed E-state index contributed by atoms with van der Waals surface area (Å²) in [5.41, 5.74) is 0.893. The number of rotatable bonds is 7. The van der Waals surface area contributed by atoms with Gasteiger partial charge < -0.3 is 20.3 Å². The van der Waals surface area contributed by atoms with Gasteiger partial charge in [-0.25, -0.2) is 0 Å². The van der Waals surface area contributed by atoms with Gasteiger partial charge in [-0.3, -0.25) is 19.3 Å². The van der Waals surface area contributed by atoms with Crippen LogP contribution in [-0.2, 0) is 14.3 Å². The maximum absolute atomic E-state index is 12.7. The maximum atomic E-state index is 12.7. The molecule has 3 amide bonds. The number of para-hydroxylation sites is 1. The van der Waals surface area contributed by atoms with E-state index in [0.29, 0.717) is 24.3 Å². The Bertz CT molecular complexity index is 746. The van der Waals surface area contributed by atoms with Crippen molar-refractivity contribution >= 4 is 23.4 Å². The topological polar surface area (TPSA) is 91.0 Å². The number of morpholine rings is 1. The molecule has 29 heavy (non-hydrogen) atoms. The number of amides is 3. The van der Waals surface area contributed by atoms with Crippen LogP contribution >= 0.6 is 0 Å². The summed E-state index contributed by atoms with van der Waals surface area (Å²) in [4.78, 5) is 41.4. The largest absolute Gasteiger partial charge is 0.379 e. The van der Waals surface area contributed by atoms with Crippen LogP contribution in [0.25, 0.3) is 0 Å². The molecule has 1 aromatic carbocycles. The van der Waals surface area contributed by atoms with E-state index >= 15 is 0 Å². The summed E-state index contributed by atoms with van der Waals surface area (Å²) < 4.78 is 5.32. The zero-order valence-corrected chi connectivity index (χ0v) is 17.1. The molecule has 8 heteroatoms. The first-order chi connectivity index (χ1) is 14.0. The van der Waals surface area contributed by atoms with Crippen LogP contribution in [-0.4, -0.2) is 79.5 Å². The molecule has 2 aliphatic rings. The lowest BCUT2D eigenvalue weighted by Crippen LogP contribution is -2.41. The predicted octanol–water partition coefficient (Wildman–Crippen LogP) is 0.944. The zero-order chi connectivity index (χ0) is 20.8. The molecule has 0 aromatic heterocycles. The van der Waals surface area contributed by atoms with Crippen LogP contribution in [0.15, 0.2) is 24.3 Å². The zero-order valence-electron chi connectivity index (χ0n) is 17.1. The number of carbonyl (C=O) groups excluding carboxylic acids is 3. The number of nitrogens with zero attached hydrogens (tertiary/aromatic N) is 2. The molecule has 2 saturated heterocycles. The summed E-state index contributed by atoms with van der Waals surface area (Å²) in [7, 11) is 0. The van der Waals surface area contributed by atoms with E-state index in [0.717, 1.165) is 32.8 Å². The molecule has 2 aliphatic heterocycles. The van der Waals surface area contributed by atoms with Crippen molar-refractivity contribution in [3.8, 4) is 0 Å². The average molecular weight is 402 g/mol. The van der Waals surface area contributed by atoms with E-state index in [4.69, 9.17) is 4.74 Å². The molecule has 0 saturated carbocycles. The standard InChI is InChI=1S/C21H30N4O4/c1-15(2)25-14-16(13-19(25)26)20(27)23-18-6-4-3-5-17(18)21(28)22-7-8-24-9-11-29-12-10-24/h3-6,15-16H,7-14H2,1-2H3,(H,22,28)(H,23,27)/t16-/m0/s1. The third-order valence-electron chi connectivity index (χ3n) is 5.40. The lowest BCUT2D eigenvalue weighted by molar-refractivity contribution is -0.129. The first kappa shape index (κ1) is 21.3. The fourth-order valence-electron chi connectivity index (χ4n) is 3.68. The van der Waals surface area contributed by atoms with Crippen molar-refractivity contribution in [2.75, 3.05) is 51.3 Å². The van der Waals surface area contributed by atoms with Crippen molar-refractivity contribution in [1.82, 2.24) is 15.1 Å². The van der Waals surface area contributed by atoms with Crippen LogP contribution in [0.2, 0.25) is 0 Å². The highest BCUT2D eigenvalue weighted by atomic mass is 16.5. The van der Waals surface area contributed by atoms with Crippen LogP contribution in [0.3, 0.4) is 0 Å². The van der Waals surface area contributed by atoms with Crippen LogP contribution in [0.5, 0.6) is 0 Å². The Morgan fingerprint density at radius 1 is 1.21 bits per heavy atom. The third kappa shape index (κ3) is 5.55. The van der Waals surface area contributed by atoms with Gasteiger partial charge >= 0.3 is 0 Å². The fourth-order valence-corrected chi connectivity index (χ4v) is 3.68. The molecule has 1 aromatic rings. The van der Waals surface area contributed by atoms with Gasteiger partial charge in [-0.2, -0.15) is 0 Å². The first-order valence-corrected chi connectivity index (χ1v) is 10.2. The molecule has 2 fully saturated rings. The molecule has 0 bridgehead atoms. The van der Waals surface area contributed by atoms with Gasteiger partial charge in [-0.05, 0) is 26.0 Å². The van der Waals surface area contributed by atoms with E-state index in [1.54, 1.807) is 29.2 Å². The molecule has 1 atom stereocenters. The van der Waals surface area contributed by atoms with Crippen LogP contribution < -0.4 is 10.6 Å². The predicted molar refractivity (Wildman–Crippen MR) is 110 cm³/mol. The molecule has 2 N–H and O–H groups in total. The van der Waals surface area contributed by atoms with Gasteiger partial charge in [0.1, 0.15) is 0 Å². The maximum Gasteiger partial charge on any atom is 0.253 e. The van der Waals surface area contributed by atoms with Crippen molar-refractivity contribution in [3.63, 3.8) is 0 Å². The molecule has 2 heterocycles. The van der Waals surface area contributed by atoms with Crippen LogP contribution in [0.1, 0.15) is 30.6 Å². The Hall–Kier alpha value is -2.45. The summed E-state index contributed by atoms with van der Waals surface area (Å²) in [6.07, 6.45) is 0.206. The van der Waals surface area contributed by atoms with Crippen LogP contribution in [0, 0.1) is 5.92 Å². The first-order valence-electron chi connectivity index (χ1n) is 10.2. The monoisotopic (exact) mass is 402 g/mol. The van der Waals surface area contributed by atoms with E-state index in [2.05, 4.69) is 15.5 Å². The summed E-state index contributed by atoms with van der Waals surface area (Å²) in [5, 5.41) is 5.77. The second kappa shape index (κ2) is 9.84. The number of hydrogen-bond acceptors (Lipinski definition) is 5. The van der Waals surface area contributed by atoms with Gasteiger partial charge in [0, 0.05) is 45.2 Å². The summed E-state index contributed by atoms with van der Waals surface area (Å²) in [6.45, 7) is 8.77. The molecular weight excluding hydrogens is 372 g/mol. The minimum absolute atomic E-state index is 0.00529. The Labute approximate surface area is 171 Å². The molecule has 0 unspecified atom stereocenters. The minimum Gasteiger partial charge on any atom is -0.379 e. The highest BCUT2D eigenvalue weighted by Crippen LogP contribution is 2.23. The third-order valence-corrected chi connectivity index (χ3v) is 5.40. The van der Waals surface area contributed by atoms with Gasteiger partial charge in [0.15, 0.2) is 0 Å². The molecule has 158 valence electrons. The van der Waals surface area contributed by atoms with E-state index in [1.807, 2.05) is 13.8 Å². The van der Waals surface area contributed by atoms with Crippen LogP contribution in [0.4, 0.5) is 5.69 Å². The quantitative estimate of drug-likeness (QED) is 0.709. The number of ether oxygens (including phenoxy) is 1. The molecule has 0 radical (unpaired) electrons. The average Bonchev–Trinajstić information content (AvgIpc) is 3.11. The smallest absolute Gasteiger partial charge is 0.253 e. The second-order valence-electron chi connectivity index (χ2n) is 7.79. The van der Waals surface area contributed by atoms with Gasteiger partial charge in [0.05, 0.1) is 30.4 Å². The van der Waals surface area contributed by atoms with E-state index in [9.17, 15) is 14.4 Å². The summed E-state index contributed by atoms with van der Waals surface area (Å²) >= 11 is 0. The molecule has 8 nitrogen and oxygen atoms in total. The molecule has 0 spiro atoms. The fraction of sp³-hybridized carbons (Fsp3) is 0.571. The SMILES string of the molecule is CC(C)N1C[C@@H](C(=O)Nc2ccccc2C(=O)NCCN2CCOCC2)CC1=O. The normalized spacial score (nSPS) is 20.2.